The third-order valence-corrected chi connectivity index (χ3v) is 4.42. The minimum atomic E-state index is 0.471. The second-order valence-electron chi connectivity index (χ2n) is 5.64. The van der Waals surface area contributed by atoms with Gasteiger partial charge < -0.3 is 15.4 Å². The summed E-state index contributed by atoms with van der Waals surface area (Å²) >= 11 is 12.0. The zero-order valence-electron chi connectivity index (χ0n) is 14.4. The van der Waals surface area contributed by atoms with E-state index in [0.29, 0.717) is 28.4 Å². The van der Waals surface area contributed by atoms with Gasteiger partial charge in [-0.3, -0.25) is 0 Å². The van der Waals surface area contributed by atoms with Gasteiger partial charge in [0.2, 0.25) is 5.95 Å². The Morgan fingerprint density at radius 1 is 1.00 bits per heavy atom. The Morgan fingerprint density at radius 2 is 1.81 bits per heavy atom. The average molecular weight is 389 g/mol. The maximum absolute atomic E-state index is 6.05. The van der Waals surface area contributed by atoms with E-state index in [9.17, 15) is 0 Å². The fourth-order valence-electron chi connectivity index (χ4n) is 2.45. The zero-order valence-corrected chi connectivity index (χ0v) is 15.9. The van der Waals surface area contributed by atoms with Gasteiger partial charge in [0.1, 0.15) is 11.6 Å². The van der Waals surface area contributed by atoms with Crippen LogP contribution in [0, 0.1) is 6.92 Å². The Bertz CT molecular complexity index is 918. The van der Waals surface area contributed by atoms with Crippen molar-refractivity contribution in [3.05, 3.63) is 69.8 Å². The number of aromatic nitrogens is 2. The van der Waals surface area contributed by atoms with Crippen LogP contribution < -0.4 is 15.4 Å². The molecule has 0 atom stereocenters. The largest absolute Gasteiger partial charge is 0.496 e. The first-order chi connectivity index (χ1) is 12.5. The van der Waals surface area contributed by atoms with Crippen LogP contribution in [0.5, 0.6) is 5.75 Å². The van der Waals surface area contributed by atoms with Gasteiger partial charge in [-0.15, -0.1) is 0 Å². The Labute approximate surface area is 162 Å². The van der Waals surface area contributed by atoms with Gasteiger partial charge >= 0.3 is 0 Å². The number of para-hydroxylation sites is 1. The van der Waals surface area contributed by atoms with E-state index in [4.69, 9.17) is 27.9 Å². The molecule has 0 saturated heterocycles. The van der Waals surface area contributed by atoms with Crippen molar-refractivity contribution in [2.24, 2.45) is 0 Å². The topological polar surface area (TPSA) is 59.1 Å². The Balaban J connectivity index is 1.76. The van der Waals surface area contributed by atoms with E-state index in [1.165, 1.54) is 0 Å². The minimum absolute atomic E-state index is 0.471. The molecule has 0 unspecified atom stereocenters. The van der Waals surface area contributed by atoms with Crippen LogP contribution in [-0.4, -0.2) is 17.1 Å². The highest BCUT2D eigenvalue weighted by molar-refractivity contribution is 6.42. The quantitative estimate of drug-likeness (QED) is 0.587. The standard InChI is InChI=1S/C19H18Cl2N4O/c1-12-9-18(22-11-13-5-3-4-6-17(13)26-2)25-19(23-12)24-14-7-8-15(20)16(21)10-14/h3-10H,11H2,1-2H3,(H2,22,23,24,25). The van der Waals surface area contributed by atoms with Crippen molar-refractivity contribution in [2.45, 2.75) is 13.5 Å². The average Bonchev–Trinajstić information content (AvgIpc) is 2.63. The number of anilines is 3. The molecule has 0 fully saturated rings. The van der Waals surface area contributed by atoms with Gasteiger partial charge in [0.15, 0.2) is 0 Å². The van der Waals surface area contributed by atoms with Crippen LogP contribution in [-0.2, 0) is 6.54 Å². The highest BCUT2D eigenvalue weighted by atomic mass is 35.5. The van der Waals surface area contributed by atoms with Crippen molar-refractivity contribution in [1.29, 1.82) is 0 Å². The second-order valence-corrected chi connectivity index (χ2v) is 6.45. The number of nitrogens with zero attached hydrogens (tertiary/aromatic N) is 2. The summed E-state index contributed by atoms with van der Waals surface area (Å²) in [4.78, 5) is 8.91. The molecule has 3 aromatic rings. The monoisotopic (exact) mass is 388 g/mol. The lowest BCUT2D eigenvalue weighted by Gasteiger charge is -2.12. The predicted octanol–water partition coefficient (Wildman–Crippen LogP) is 5.46. The maximum atomic E-state index is 6.05. The molecule has 0 aliphatic heterocycles. The molecule has 0 aliphatic rings. The molecule has 0 bridgehead atoms. The van der Waals surface area contributed by atoms with E-state index in [2.05, 4.69) is 20.6 Å². The van der Waals surface area contributed by atoms with Crippen LogP contribution in [0.1, 0.15) is 11.3 Å². The Morgan fingerprint density at radius 3 is 2.58 bits per heavy atom. The van der Waals surface area contributed by atoms with Crippen LogP contribution in [0.25, 0.3) is 0 Å². The molecular weight excluding hydrogens is 371 g/mol. The van der Waals surface area contributed by atoms with Crippen LogP contribution in [0.4, 0.5) is 17.5 Å². The molecule has 2 aromatic carbocycles. The summed E-state index contributed by atoms with van der Waals surface area (Å²) in [6, 6.07) is 15.0. The normalized spacial score (nSPS) is 10.5. The number of rotatable bonds is 6. The van der Waals surface area contributed by atoms with E-state index in [-0.39, 0.29) is 0 Å². The van der Waals surface area contributed by atoms with Crippen molar-refractivity contribution in [3.63, 3.8) is 0 Å². The number of ether oxygens (including phenoxy) is 1. The van der Waals surface area contributed by atoms with Crippen LogP contribution >= 0.6 is 23.2 Å². The van der Waals surface area contributed by atoms with E-state index >= 15 is 0 Å². The number of benzene rings is 2. The van der Waals surface area contributed by atoms with Crippen LogP contribution in [0.3, 0.4) is 0 Å². The van der Waals surface area contributed by atoms with E-state index < -0.39 is 0 Å². The highest BCUT2D eigenvalue weighted by Crippen LogP contribution is 2.26. The summed E-state index contributed by atoms with van der Waals surface area (Å²) in [6.45, 7) is 2.50. The molecule has 1 aromatic heterocycles. The van der Waals surface area contributed by atoms with Gasteiger partial charge in [-0.1, -0.05) is 41.4 Å². The molecule has 1 heterocycles. The molecule has 0 aliphatic carbocycles. The van der Waals surface area contributed by atoms with Gasteiger partial charge in [-0.05, 0) is 31.2 Å². The summed E-state index contributed by atoms with van der Waals surface area (Å²) in [6.07, 6.45) is 0. The van der Waals surface area contributed by atoms with Gasteiger partial charge in [0.05, 0.1) is 17.2 Å². The van der Waals surface area contributed by atoms with Crippen LogP contribution in [0.2, 0.25) is 10.0 Å². The molecule has 0 amide bonds. The van der Waals surface area contributed by atoms with Crippen molar-refractivity contribution in [2.75, 3.05) is 17.7 Å². The number of halogens is 2. The molecule has 0 radical (unpaired) electrons. The third-order valence-electron chi connectivity index (χ3n) is 3.68. The summed E-state index contributed by atoms with van der Waals surface area (Å²) in [7, 11) is 1.66. The highest BCUT2D eigenvalue weighted by Gasteiger charge is 2.06. The third kappa shape index (κ3) is 4.56. The van der Waals surface area contributed by atoms with E-state index in [1.807, 2.05) is 43.3 Å². The van der Waals surface area contributed by atoms with Crippen molar-refractivity contribution >= 4 is 40.7 Å². The SMILES string of the molecule is COc1ccccc1CNc1cc(C)nc(Nc2ccc(Cl)c(Cl)c2)n1. The summed E-state index contributed by atoms with van der Waals surface area (Å²) < 4.78 is 5.37. The molecule has 26 heavy (non-hydrogen) atoms. The summed E-state index contributed by atoms with van der Waals surface area (Å²) in [5, 5.41) is 7.42. The summed E-state index contributed by atoms with van der Waals surface area (Å²) in [5.74, 6) is 2.02. The molecule has 0 saturated carbocycles. The number of methoxy groups -OCH3 is 1. The zero-order chi connectivity index (χ0) is 18.5. The number of nitrogens with one attached hydrogen (secondary N) is 2. The first-order valence-electron chi connectivity index (χ1n) is 7.98. The number of hydrogen-bond donors (Lipinski definition) is 2. The lowest BCUT2D eigenvalue weighted by molar-refractivity contribution is 0.410. The molecule has 0 spiro atoms. The lowest BCUT2D eigenvalue weighted by atomic mass is 10.2. The fraction of sp³-hybridized carbons (Fsp3) is 0.158. The Hall–Kier alpha value is -2.50. The molecule has 5 nitrogen and oxygen atoms in total. The molecular formula is C19H18Cl2N4O. The van der Waals surface area contributed by atoms with Gasteiger partial charge in [-0.25, -0.2) is 4.98 Å². The molecule has 3 rings (SSSR count). The van der Waals surface area contributed by atoms with Crippen molar-refractivity contribution < 1.29 is 4.74 Å². The van der Waals surface area contributed by atoms with Gasteiger partial charge in [0, 0.05) is 29.6 Å². The molecule has 7 heteroatoms. The maximum Gasteiger partial charge on any atom is 0.229 e. The molecule has 2 N–H and O–H groups in total. The molecule has 134 valence electrons. The summed E-state index contributed by atoms with van der Waals surface area (Å²) in [5.41, 5.74) is 2.65. The van der Waals surface area contributed by atoms with Crippen molar-refractivity contribution in [3.8, 4) is 5.75 Å². The van der Waals surface area contributed by atoms with Crippen LogP contribution in [0.15, 0.2) is 48.5 Å². The first-order valence-corrected chi connectivity index (χ1v) is 8.74. The smallest absolute Gasteiger partial charge is 0.229 e. The lowest BCUT2D eigenvalue weighted by Crippen LogP contribution is -2.06. The van der Waals surface area contributed by atoms with Gasteiger partial charge in [-0.2, -0.15) is 4.98 Å². The van der Waals surface area contributed by atoms with Crippen molar-refractivity contribution in [1.82, 2.24) is 9.97 Å². The fourth-order valence-corrected chi connectivity index (χ4v) is 2.75. The second kappa shape index (κ2) is 8.25. The number of aryl methyl sites for hydroxylation is 1. The predicted molar refractivity (Wildman–Crippen MR) is 107 cm³/mol. The first kappa shape index (κ1) is 18.3. The van der Waals surface area contributed by atoms with E-state index in [0.717, 1.165) is 22.7 Å². The van der Waals surface area contributed by atoms with E-state index in [1.54, 1.807) is 19.2 Å². The minimum Gasteiger partial charge on any atom is -0.496 e. The van der Waals surface area contributed by atoms with Gasteiger partial charge in [0.25, 0.3) is 0 Å². The number of hydrogen-bond acceptors (Lipinski definition) is 5. The Kier molecular flexibility index (Phi) is 5.81.